The Morgan fingerprint density at radius 2 is 1.56 bits per heavy atom. The van der Waals surface area contributed by atoms with Crippen molar-refractivity contribution in [2.45, 2.75) is 50.1 Å². The molecular weight excluding hydrogens is 499 g/mol. The number of amides is 1. The van der Waals surface area contributed by atoms with E-state index in [0.29, 0.717) is 5.56 Å². The van der Waals surface area contributed by atoms with Crippen molar-refractivity contribution in [3.05, 3.63) is 65.9 Å². The predicted molar refractivity (Wildman–Crippen MR) is 125 cm³/mol. The van der Waals surface area contributed by atoms with Crippen molar-refractivity contribution in [3.8, 4) is 16.9 Å². The lowest BCUT2D eigenvalue weighted by atomic mass is 9.86. The maximum Gasteiger partial charge on any atom is 0.435 e. The number of carbonyl (C=O) groups is 2. The molecule has 0 atom stereocenters. The molecule has 3 rings (SSSR count). The molecule has 0 aliphatic heterocycles. The molecule has 1 heterocycles. The van der Waals surface area contributed by atoms with Crippen LogP contribution in [0.15, 0.2) is 59.5 Å². The molecule has 1 amide bonds. The highest BCUT2D eigenvalue weighted by Gasteiger charge is 2.35. The van der Waals surface area contributed by atoms with Gasteiger partial charge in [0.2, 0.25) is 5.91 Å². The van der Waals surface area contributed by atoms with Crippen LogP contribution < -0.4 is 4.72 Å². The zero-order chi connectivity index (χ0) is 26.9. The molecule has 0 saturated carbocycles. The minimum absolute atomic E-state index is 0.153. The van der Waals surface area contributed by atoms with E-state index in [-0.39, 0.29) is 21.7 Å². The van der Waals surface area contributed by atoms with Gasteiger partial charge in [-0.05, 0) is 41.3 Å². The molecule has 0 radical (unpaired) electrons. The van der Waals surface area contributed by atoms with Crippen LogP contribution in [0.4, 0.5) is 13.2 Å². The number of aromatic nitrogens is 2. The van der Waals surface area contributed by atoms with Crippen LogP contribution in [0.3, 0.4) is 0 Å². The van der Waals surface area contributed by atoms with E-state index in [1.54, 1.807) is 16.9 Å². The summed E-state index contributed by atoms with van der Waals surface area (Å²) in [6.07, 6.45) is -5.77. The molecule has 0 spiro atoms. The fourth-order valence-electron chi connectivity index (χ4n) is 3.31. The third kappa shape index (κ3) is 6.30. The Kier molecular flexibility index (Phi) is 7.30. The molecule has 192 valence electrons. The van der Waals surface area contributed by atoms with Crippen LogP contribution in [0.1, 0.15) is 44.9 Å². The standard InChI is InChI=1S/C24H24F3N3O5S/c1-23(2,3)16-6-4-15(5-7-16)19-14-20(24(25,26)27)28-30(19)17-8-10-18(11-9-17)36(34,35)29-21(31)12-13-22(32)33/h4-11,14H,12-13H2,1-3H3,(H,29,31)(H,32,33). The van der Waals surface area contributed by atoms with Gasteiger partial charge in [0, 0.05) is 12.0 Å². The minimum atomic E-state index is -4.70. The molecule has 0 aliphatic carbocycles. The number of carboxylic acids is 1. The van der Waals surface area contributed by atoms with Gasteiger partial charge in [-0.1, -0.05) is 45.0 Å². The molecule has 0 aliphatic rings. The molecule has 2 N–H and O–H groups in total. The summed E-state index contributed by atoms with van der Waals surface area (Å²) < 4.78 is 68.0. The van der Waals surface area contributed by atoms with Gasteiger partial charge < -0.3 is 5.11 Å². The first-order valence-electron chi connectivity index (χ1n) is 10.7. The van der Waals surface area contributed by atoms with E-state index in [4.69, 9.17) is 5.11 Å². The number of sulfonamides is 1. The lowest BCUT2D eigenvalue weighted by molar-refractivity contribution is -0.141. The Morgan fingerprint density at radius 3 is 2.06 bits per heavy atom. The van der Waals surface area contributed by atoms with Gasteiger partial charge in [-0.2, -0.15) is 18.3 Å². The maximum absolute atomic E-state index is 13.5. The minimum Gasteiger partial charge on any atom is -0.481 e. The second-order valence-electron chi connectivity index (χ2n) is 9.07. The van der Waals surface area contributed by atoms with Gasteiger partial charge in [0.25, 0.3) is 10.0 Å². The van der Waals surface area contributed by atoms with Gasteiger partial charge in [0.15, 0.2) is 5.69 Å². The molecule has 1 aromatic heterocycles. The number of hydrogen-bond donors (Lipinski definition) is 2. The Bertz CT molecular complexity index is 1370. The van der Waals surface area contributed by atoms with E-state index >= 15 is 0 Å². The molecule has 36 heavy (non-hydrogen) atoms. The van der Waals surface area contributed by atoms with Crippen molar-refractivity contribution < 1.29 is 36.3 Å². The van der Waals surface area contributed by atoms with Crippen molar-refractivity contribution in [1.82, 2.24) is 14.5 Å². The number of alkyl halides is 3. The van der Waals surface area contributed by atoms with Gasteiger partial charge in [0.1, 0.15) is 0 Å². The van der Waals surface area contributed by atoms with Crippen LogP contribution in [0.2, 0.25) is 0 Å². The Balaban J connectivity index is 1.96. The zero-order valence-corrected chi connectivity index (χ0v) is 20.4. The molecule has 12 heteroatoms. The van der Waals surface area contributed by atoms with Crippen LogP contribution in [-0.2, 0) is 31.2 Å². The molecule has 0 fully saturated rings. The van der Waals surface area contributed by atoms with Crippen LogP contribution in [-0.4, -0.2) is 35.2 Å². The predicted octanol–water partition coefficient (Wildman–Crippen LogP) is 4.53. The highest BCUT2D eigenvalue weighted by atomic mass is 32.2. The molecule has 0 saturated heterocycles. The van der Waals surface area contributed by atoms with E-state index in [9.17, 15) is 31.2 Å². The summed E-state index contributed by atoms with van der Waals surface area (Å²) in [6.45, 7) is 6.04. The second-order valence-corrected chi connectivity index (χ2v) is 10.8. The monoisotopic (exact) mass is 523 g/mol. The average Bonchev–Trinajstić information content (AvgIpc) is 3.23. The Labute approximate surface area is 205 Å². The topological polar surface area (TPSA) is 118 Å². The first-order valence-corrected chi connectivity index (χ1v) is 12.2. The normalized spacial score (nSPS) is 12.4. The lowest BCUT2D eigenvalue weighted by Crippen LogP contribution is -2.30. The first kappa shape index (κ1) is 26.9. The smallest absolute Gasteiger partial charge is 0.435 e. The van der Waals surface area contributed by atoms with Gasteiger partial charge in [-0.3, -0.25) is 9.59 Å². The summed E-state index contributed by atoms with van der Waals surface area (Å²) in [6, 6.07) is 12.7. The quantitative estimate of drug-likeness (QED) is 0.470. The first-order chi connectivity index (χ1) is 16.6. The number of benzene rings is 2. The molecular formula is C24H24F3N3O5S. The zero-order valence-electron chi connectivity index (χ0n) is 19.6. The summed E-state index contributed by atoms with van der Waals surface area (Å²) in [5.74, 6) is -2.25. The fourth-order valence-corrected chi connectivity index (χ4v) is 4.32. The van der Waals surface area contributed by atoms with Crippen molar-refractivity contribution >= 4 is 21.9 Å². The number of halogens is 3. The van der Waals surface area contributed by atoms with Crippen LogP contribution >= 0.6 is 0 Å². The number of rotatable bonds is 7. The fraction of sp³-hybridized carbons (Fsp3) is 0.292. The largest absolute Gasteiger partial charge is 0.481 e. The molecule has 8 nitrogen and oxygen atoms in total. The lowest BCUT2D eigenvalue weighted by Gasteiger charge is -2.19. The molecule has 0 bridgehead atoms. The van der Waals surface area contributed by atoms with E-state index in [2.05, 4.69) is 5.10 Å². The van der Waals surface area contributed by atoms with Crippen LogP contribution in [0.5, 0.6) is 0 Å². The van der Waals surface area contributed by atoms with E-state index in [1.165, 1.54) is 12.1 Å². The van der Waals surface area contributed by atoms with Crippen molar-refractivity contribution in [2.75, 3.05) is 0 Å². The van der Waals surface area contributed by atoms with E-state index < -0.39 is 46.6 Å². The van der Waals surface area contributed by atoms with Gasteiger partial charge in [-0.25, -0.2) is 17.8 Å². The van der Waals surface area contributed by atoms with Crippen molar-refractivity contribution in [2.24, 2.45) is 0 Å². The number of carbonyl (C=O) groups excluding carboxylic acids is 1. The number of aliphatic carboxylic acids is 1. The molecule has 3 aromatic rings. The number of hydrogen-bond acceptors (Lipinski definition) is 5. The van der Waals surface area contributed by atoms with Crippen LogP contribution in [0, 0.1) is 0 Å². The van der Waals surface area contributed by atoms with E-state index in [0.717, 1.165) is 28.4 Å². The van der Waals surface area contributed by atoms with Crippen LogP contribution in [0.25, 0.3) is 16.9 Å². The number of nitrogens with zero attached hydrogens (tertiary/aromatic N) is 2. The third-order valence-electron chi connectivity index (χ3n) is 5.25. The second kappa shape index (κ2) is 9.76. The summed E-state index contributed by atoms with van der Waals surface area (Å²) in [7, 11) is -4.31. The van der Waals surface area contributed by atoms with Gasteiger partial charge >= 0.3 is 12.1 Å². The van der Waals surface area contributed by atoms with Gasteiger partial charge in [-0.15, -0.1) is 0 Å². The van der Waals surface area contributed by atoms with Crippen molar-refractivity contribution in [3.63, 3.8) is 0 Å². The molecule has 2 aromatic carbocycles. The Morgan fingerprint density at radius 1 is 0.972 bits per heavy atom. The Hall–Kier alpha value is -3.67. The number of carboxylic acid groups (broad SMARTS) is 1. The summed E-state index contributed by atoms with van der Waals surface area (Å²) in [4.78, 5) is 22.0. The maximum atomic E-state index is 13.5. The highest BCUT2D eigenvalue weighted by Crippen LogP contribution is 2.34. The average molecular weight is 524 g/mol. The van der Waals surface area contributed by atoms with Crippen molar-refractivity contribution in [1.29, 1.82) is 0 Å². The third-order valence-corrected chi connectivity index (χ3v) is 6.64. The summed E-state index contributed by atoms with van der Waals surface area (Å²) >= 11 is 0. The SMILES string of the molecule is CC(C)(C)c1ccc(-c2cc(C(F)(F)F)nn2-c2ccc(S(=O)(=O)NC(=O)CCC(=O)O)cc2)cc1. The van der Waals surface area contributed by atoms with Gasteiger partial charge in [0.05, 0.1) is 22.7 Å². The number of nitrogens with one attached hydrogen (secondary N) is 1. The molecule has 0 unspecified atom stereocenters. The summed E-state index contributed by atoms with van der Waals surface area (Å²) in [5.41, 5.74) is 0.527. The summed E-state index contributed by atoms with van der Waals surface area (Å²) in [5, 5.41) is 12.3. The van der Waals surface area contributed by atoms with E-state index in [1.807, 2.05) is 32.9 Å². The highest BCUT2D eigenvalue weighted by molar-refractivity contribution is 7.90.